The summed E-state index contributed by atoms with van der Waals surface area (Å²) in [4.78, 5) is 0. The predicted octanol–water partition coefficient (Wildman–Crippen LogP) is 2.18. The number of hydrogen-bond acceptors (Lipinski definition) is 4. The Morgan fingerprint density at radius 1 is 1.37 bits per heavy atom. The van der Waals surface area contributed by atoms with Crippen molar-refractivity contribution in [3.8, 4) is 0 Å². The minimum Gasteiger partial charge on any atom is -0.511 e. The third-order valence-corrected chi connectivity index (χ3v) is 3.17. The Hall–Kier alpha value is -1.62. The second-order valence-electron chi connectivity index (χ2n) is 4.52. The molecule has 0 fully saturated rings. The quantitative estimate of drug-likeness (QED) is 0.711. The summed E-state index contributed by atoms with van der Waals surface area (Å²) in [6.07, 6.45) is 5.50. The van der Waals surface area contributed by atoms with Gasteiger partial charge in [-0.1, -0.05) is 36.4 Å². The average Bonchev–Trinajstić information content (AvgIpc) is 2.46. The molecule has 3 N–H and O–H groups in total. The molecule has 0 heterocycles. The Kier molecular flexibility index (Phi) is 4.74. The van der Waals surface area contributed by atoms with E-state index in [-0.39, 0.29) is 6.04 Å². The number of aliphatic hydroxyl groups excluding tert-OH is 2. The first-order chi connectivity index (χ1) is 9.20. The lowest BCUT2D eigenvalue weighted by Crippen LogP contribution is -2.31. The normalized spacial score (nSPS) is 20.1. The Morgan fingerprint density at radius 3 is 2.74 bits per heavy atom. The first-order valence-electron chi connectivity index (χ1n) is 6.29. The van der Waals surface area contributed by atoms with Crippen LogP contribution in [-0.2, 0) is 11.3 Å². The monoisotopic (exact) mass is 261 g/mol. The van der Waals surface area contributed by atoms with E-state index < -0.39 is 6.29 Å². The van der Waals surface area contributed by atoms with Gasteiger partial charge in [0.15, 0.2) is 6.29 Å². The number of allylic oxidation sites excluding steroid dienone is 2. The fourth-order valence-electron chi connectivity index (χ4n) is 1.98. The third kappa shape index (κ3) is 3.67. The summed E-state index contributed by atoms with van der Waals surface area (Å²) in [5.74, 6) is 0.369. The molecule has 19 heavy (non-hydrogen) atoms. The molecule has 0 aliphatic heterocycles. The lowest BCUT2D eigenvalue weighted by molar-refractivity contribution is -0.0769. The molecule has 2 rings (SSSR count). The van der Waals surface area contributed by atoms with Gasteiger partial charge in [-0.3, -0.25) is 0 Å². The second-order valence-corrected chi connectivity index (χ2v) is 4.52. The van der Waals surface area contributed by atoms with Gasteiger partial charge in [-0.05, 0) is 18.1 Å². The van der Waals surface area contributed by atoms with Gasteiger partial charge in [0.1, 0.15) is 5.76 Å². The second kappa shape index (κ2) is 6.52. The smallest absolute Gasteiger partial charge is 0.180 e. The molecule has 2 unspecified atom stereocenters. The molecular weight excluding hydrogens is 242 g/mol. The van der Waals surface area contributed by atoms with Crippen molar-refractivity contribution in [2.24, 2.45) is 0 Å². The zero-order chi connectivity index (χ0) is 13.7. The molecule has 0 radical (unpaired) electrons. The topological polar surface area (TPSA) is 61.7 Å². The van der Waals surface area contributed by atoms with Crippen LogP contribution in [0, 0.1) is 0 Å². The number of rotatable bonds is 5. The van der Waals surface area contributed by atoms with Crippen molar-refractivity contribution in [1.29, 1.82) is 0 Å². The number of ether oxygens (including phenoxy) is 1. The molecule has 0 saturated heterocycles. The Morgan fingerprint density at radius 2 is 2.11 bits per heavy atom. The van der Waals surface area contributed by atoms with Crippen LogP contribution in [0.15, 0.2) is 48.3 Å². The number of nitrogens with one attached hydrogen (secondary N) is 1. The van der Waals surface area contributed by atoms with Gasteiger partial charge in [0.2, 0.25) is 0 Å². The predicted molar refractivity (Wildman–Crippen MR) is 73.5 cm³/mol. The summed E-state index contributed by atoms with van der Waals surface area (Å²) in [6.45, 7) is 0.666. The van der Waals surface area contributed by atoms with Crippen LogP contribution in [-0.4, -0.2) is 23.4 Å². The summed E-state index contributed by atoms with van der Waals surface area (Å²) in [5, 5.41) is 22.5. The van der Waals surface area contributed by atoms with Crippen LogP contribution in [0.5, 0.6) is 0 Å². The molecule has 2 atom stereocenters. The van der Waals surface area contributed by atoms with Gasteiger partial charge in [0.05, 0.1) is 6.04 Å². The highest BCUT2D eigenvalue weighted by Crippen LogP contribution is 2.15. The SMILES string of the molecule is COC(O)c1ccc(CNC2CC=CC=C2O)cc1. The van der Waals surface area contributed by atoms with Crippen LogP contribution in [0.2, 0.25) is 0 Å². The summed E-state index contributed by atoms with van der Waals surface area (Å²) < 4.78 is 4.84. The molecule has 1 aromatic carbocycles. The highest BCUT2D eigenvalue weighted by molar-refractivity contribution is 5.24. The molecule has 0 bridgehead atoms. The third-order valence-electron chi connectivity index (χ3n) is 3.17. The number of methoxy groups -OCH3 is 1. The number of benzene rings is 1. The average molecular weight is 261 g/mol. The molecular formula is C15H19NO3. The van der Waals surface area contributed by atoms with Gasteiger partial charge >= 0.3 is 0 Å². The lowest BCUT2D eigenvalue weighted by Gasteiger charge is -2.19. The van der Waals surface area contributed by atoms with E-state index in [4.69, 9.17) is 4.74 Å². The van der Waals surface area contributed by atoms with Gasteiger partial charge in [-0.15, -0.1) is 0 Å². The highest BCUT2D eigenvalue weighted by atomic mass is 16.6. The van der Waals surface area contributed by atoms with Crippen LogP contribution in [0.4, 0.5) is 0 Å². The first kappa shape index (κ1) is 13.8. The molecule has 1 aromatic rings. The molecule has 1 aliphatic rings. The first-order valence-corrected chi connectivity index (χ1v) is 6.29. The van der Waals surface area contributed by atoms with E-state index in [2.05, 4.69) is 5.32 Å². The van der Waals surface area contributed by atoms with Gasteiger partial charge in [0.25, 0.3) is 0 Å². The van der Waals surface area contributed by atoms with Gasteiger partial charge in [0, 0.05) is 19.2 Å². The van der Waals surface area contributed by atoms with Crippen LogP contribution in [0.25, 0.3) is 0 Å². The lowest BCUT2D eigenvalue weighted by atomic mass is 10.1. The molecule has 4 nitrogen and oxygen atoms in total. The molecule has 0 spiro atoms. The molecule has 4 heteroatoms. The summed E-state index contributed by atoms with van der Waals surface area (Å²) in [6, 6.07) is 7.52. The van der Waals surface area contributed by atoms with E-state index in [1.807, 2.05) is 36.4 Å². The van der Waals surface area contributed by atoms with E-state index in [9.17, 15) is 10.2 Å². The van der Waals surface area contributed by atoms with E-state index in [0.29, 0.717) is 12.3 Å². The maximum absolute atomic E-state index is 9.69. The van der Waals surface area contributed by atoms with Crippen LogP contribution >= 0.6 is 0 Å². The fourth-order valence-corrected chi connectivity index (χ4v) is 1.98. The molecule has 0 amide bonds. The maximum Gasteiger partial charge on any atom is 0.180 e. The van der Waals surface area contributed by atoms with Gasteiger partial charge in [-0.2, -0.15) is 0 Å². The Balaban J connectivity index is 1.90. The number of aliphatic hydroxyl groups is 2. The summed E-state index contributed by atoms with van der Waals surface area (Å²) >= 11 is 0. The van der Waals surface area contributed by atoms with Crippen molar-refractivity contribution in [2.45, 2.75) is 25.3 Å². The molecule has 1 aliphatic carbocycles. The van der Waals surface area contributed by atoms with Crippen LogP contribution < -0.4 is 5.32 Å². The van der Waals surface area contributed by atoms with Crippen molar-refractivity contribution >= 4 is 0 Å². The van der Waals surface area contributed by atoms with E-state index >= 15 is 0 Å². The fraction of sp³-hybridized carbons (Fsp3) is 0.333. The Bertz CT molecular complexity index is 465. The van der Waals surface area contributed by atoms with E-state index in [1.165, 1.54) is 7.11 Å². The molecule has 102 valence electrons. The molecule has 0 aromatic heterocycles. The van der Waals surface area contributed by atoms with Crippen LogP contribution in [0.3, 0.4) is 0 Å². The van der Waals surface area contributed by atoms with Crippen molar-refractivity contribution in [2.75, 3.05) is 7.11 Å². The minimum atomic E-state index is -0.877. The molecule has 0 saturated carbocycles. The van der Waals surface area contributed by atoms with Gasteiger partial charge < -0.3 is 20.3 Å². The summed E-state index contributed by atoms with van der Waals surface area (Å²) in [7, 11) is 1.46. The van der Waals surface area contributed by atoms with E-state index in [1.54, 1.807) is 6.08 Å². The summed E-state index contributed by atoms with van der Waals surface area (Å²) in [5.41, 5.74) is 1.82. The van der Waals surface area contributed by atoms with Gasteiger partial charge in [-0.25, -0.2) is 0 Å². The minimum absolute atomic E-state index is 0.0192. The zero-order valence-corrected chi connectivity index (χ0v) is 10.9. The van der Waals surface area contributed by atoms with E-state index in [0.717, 1.165) is 17.5 Å². The van der Waals surface area contributed by atoms with Crippen molar-refractivity contribution in [3.05, 3.63) is 59.4 Å². The standard InChI is InChI=1S/C15H19NO3/c1-19-15(18)12-8-6-11(7-9-12)10-16-13-4-2-3-5-14(13)17/h2-3,5-9,13,15-18H,4,10H2,1H3. The van der Waals surface area contributed by atoms with Crippen molar-refractivity contribution < 1.29 is 14.9 Å². The van der Waals surface area contributed by atoms with Crippen LogP contribution in [0.1, 0.15) is 23.8 Å². The van der Waals surface area contributed by atoms with Crippen molar-refractivity contribution in [1.82, 2.24) is 5.32 Å². The largest absolute Gasteiger partial charge is 0.511 e. The maximum atomic E-state index is 9.69. The zero-order valence-electron chi connectivity index (χ0n) is 10.9. The number of hydrogen-bond donors (Lipinski definition) is 3. The van der Waals surface area contributed by atoms with Crippen molar-refractivity contribution in [3.63, 3.8) is 0 Å². The Labute approximate surface area is 113 Å². The highest BCUT2D eigenvalue weighted by Gasteiger charge is 2.13.